The second kappa shape index (κ2) is 9.71. The van der Waals surface area contributed by atoms with Gasteiger partial charge in [0.2, 0.25) is 5.78 Å². The summed E-state index contributed by atoms with van der Waals surface area (Å²) in [5.41, 5.74) is 2.72. The van der Waals surface area contributed by atoms with E-state index in [9.17, 15) is 14.3 Å². The van der Waals surface area contributed by atoms with E-state index in [0.717, 1.165) is 36.3 Å². The summed E-state index contributed by atoms with van der Waals surface area (Å²) < 4.78 is 25.5. The molecule has 35 heavy (non-hydrogen) atoms. The summed E-state index contributed by atoms with van der Waals surface area (Å²) in [6, 6.07) is 15.2. The van der Waals surface area contributed by atoms with Crippen molar-refractivity contribution in [2.75, 3.05) is 38.2 Å². The van der Waals surface area contributed by atoms with Gasteiger partial charge in [-0.25, -0.2) is 4.39 Å². The summed E-state index contributed by atoms with van der Waals surface area (Å²) in [6.45, 7) is 3.51. The molecule has 8 heteroatoms. The Kier molecular flexibility index (Phi) is 6.49. The lowest BCUT2D eigenvalue weighted by molar-refractivity contribution is 0.101. The van der Waals surface area contributed by atoms with Crippen molar-refractivity contribution in [3.8, 4) is 17.2 Å². The number of anilines is 1. The highest BCUT2D eigenvalue weighted by Gasteiger charge is 2.32. The van der Waals surface area contributed by atoms with Gasteiger partial charge in [-0.1, -0.05) is 15.9 Å². The number of aromatic hydroxyl groups is 1. The molecular weight excluding hydrogens is 515 g/mol. The van der Waals surface area contributed by atoms with E-state index in [0.29, 0.717) is 34.7 Å². The van der Waals surface area contributed by atoms with Crippen molar-refractivity contribution >= 4 is 33.5 Å². The molecule has 1 saturated heterocycles. The second-order valence-corrected chi connectivity index (χ2v) is 9.42. The Balaban J connectivity index is 1.34. The van der Waals surface area contributed by atoms with E-state index in [-0.39, 0.29) is 23.1 Å². The van der Waals surface area contributed by atoms with Crippen LogP contribution >= 0.6 is 15.9 Å². The Morgan fingerprint density at radius 1 is 1.09 bits per heavy atom. The number of ether oxygens (including phenoxy) is 2. The fourth-order valence-electron chi connectivity index (χ4n) is 4.45. The van der Waals surface area contributed by atoms with Crippen LogP contribution in [0.2, 0.25) is 0 Å². The van der Waals surface area contributed by atoms with Gasteiger partial charge in [-0.2, -0.15) is 0 Å². The van der Waals surface area contributed by atoms with Crippen LogP contribution in [-0.4, -0.2) is 49.1 Å². The molecule has 2 aliphatic heterocycles. The number of piperazine rings is 1. The van der Waals surface area contributed by atoms with Crippen LogP contribution in [0.1, 0.15) is 21.5 Å². The quantitative estimate of drug-likeness (QED) is 0.448. The van der Waals surface area contributed by atoms with Crippen molar-refractivity contribution < 1.29 is 23.8 Å². The van der Waals surface area contributed by atoms with Crippen LogP contribution in [0, 0.1) is 5.82 Å². The molecule has 5 rings (SSSR count). The number of allylic oxidation sites excluding steroid dienone is 1. The largest absolute Gasteiger partial charge is 0.507 e. The number of hydrogen-bond donors (Lipinski definition) is 1. The van der Waals surface area contributed by atoms with Gasteiger partial charge < -0.3 is 19.5 Å². The summed E-state index contributed by atoms with van der Waals surface area (Å²) in [6.07, 6.45) is 1.66. The van der Waals surface area contributed by atoms with Crippen LogP contribution in [0.15, 0.2) is 64.8 Å². The number of Topliss-reactive ketones (excluding diaryl/α,β-unsaturated/α-hetero) is 1. The SMILES string of the molecule is COc1ccc(Br)cc1/C=C1\Oc2c(ccc(O)c2CN2CCN(c3ccc(F)cc3)CC2)C1=O. The Morgan fingerprint density at radius 2 is 1.83 bits per heavy atom. The third kappa shape index (κ3) is 4.76. The standard InChI is InChI=1S/C27H24BrFN2O4/c1-34-24-9-2-18(28)14-17(24)15-25-26(33)21-7-8-23(32)22(27(21)35-25)16-30-10-12-31(13-11-30)20-5-3-19(29)4-6-20/h2-9,14-15,32H,10-13,16H2,1H3/b25-15-. The molecule has 0 unspecified atom stereocenters. The van der Waals surface area contributed by atoms with Crippen molar-refractivity contribution in [3.05, 3.63) is 87.3 Å². The molecule has 2 aliphatic rings. The van der Waals surface area contributed by atoms with E-state index in [2.05, 4.69) is 25.7 Å². The molecule has 0 bridgehead atoms. The lowest BCUT2D eigenvalue weighted by atomic mass is 10.0. The van der Waals surface area contributed by atoms with Gasteiger partial charge in [0.15, 0.2) is 5.76 Å². The summed E-state index contributed by atoms with van der Waals surface area (Å²) >= 11 is 3.45. The zero-order valence-corrected chi connectivity index (χ0v) is 20.7. The average Bonchev–Trinajstić information content (AvgIpc) is 3.17. The predicted octanol–water partition coefficient (Wildman–Crippen LogP) is 5.24. The number of nitrogens with zero attached hydrogens (tertiary/aromatic N) is 2. The number of fused-ring (bicyclic) bond motifs is 1. The van der Waals surface area contributed by atoms with Gasteiger partial charge in [-0.15, -0.1) is 0 Å². The summed E-state index contributed by atoms with van der Waals surface area (Å²) in [7, 11) is 1.57. The minimum atomic E-state index is -0.248. The fraction of sp³-hybridized carbons (Fsp3) is 0.222. The monoisotopic (exact) mass is 538 g/mol. The van der Waals surface area contributed by atoms with Crippen molar-refractivity contribution in [1.29, 1.82) is 0 Å². The fourth-order valence-corrected chi connectivity index (χ4v) is 4.83. The van der Waals surface area contributed by atoms with Crippen LogP contribution in [0.3, 0.4) is 0 Å². The summed E-state index contributed by atoms with van der Waals surface area (Å²) in [5, 5.41) is 10.6. The number of methoxy groups -OCH3 is 1. The van der Waals surface area contributed by atoms with Crippen molar-refractivity contribution in [1.82, 2.24) is 4.90 Å². The maximum atomic E-state index is 13.2. The van der Waals surface area contributed by atoms with Crippen LogP contribution in [0.4, 0.5) is 10.1 Å². The number of halogens is 2. The molecule has 2 heterocycles. The Labute approximate surface area is 211 Å². The third-order valence-electron chi connectivity index (χ3n) is 6.34. The molecule has 6 nitrogen and oxygen atoms in total. The molecule has 0 amide bonds. The summed E-state index contributed by atoms with van der Waals surface area (Å²) in [5.74, 6) is 0.820. The molecule has 180 valence electrons. The predicted molar refractivity (Wildman–Crippen MR) is 136 cm³/mol. The number of ketones is 1. The molecule has 3 aromatic carbocycles. The highest BCUT2D eigenvalue weighted by Crippen LogP contribution is 2.41. The average molecular weight is 539 g/mol. The normalized spacial score (nSPS) is 16.9. The highest BCUT2D eigenvalue weighted by molar-refractivity contribution is 9.10. The highest BCUT2D eigenvalue weighted by atomic mass is 79.9. The molecule has 0 radical (unpaired) electrons. The first-order chi connectivity index (χ1) is 16.9. The Hall–Kier alpha value is -3.36. The van der Waals surface area contributed by atoms with Crippen LogP contribution in [0.5, 0.6) is 17.2 Å². The first-order valence-electron chi connectivity index (χ1n) is 11.3. The molecule has 0 spiro atoms. The topological polar surface area (TPSA) is 62.2 Å². The Morgan fingerprint density at radius 3 is 2.54 bits per heavy atom. The van der Waals surface area contributed by atoms with Crippen LogP contribution in [-0.2, 0) is 6.54 Å². The summed E-state index contributed by atoms with van der Waals surface area (Å²) in [4.78, 5) is 17.5. The van der Waals surface area contributed by atoms with E-state index in [1.54, 1.807) is 37.5 Å². The third-order valence-corrected chi connectivity index (χ3v) is 6.83. The minimum Gasteiger partial charge on any atom is -0.507 e. The van der Waals surface area contributed by atoms with Gasteiger partial charge in [0.1, 0.15) is 23.1 Å². The molecule has 0 saturated carbocycles. The lowest BCUT2D eigenvalue weighted by Gasteiger charge is -2.36. The molecule has 3 aromatic rings. The van der Waals surface area contributed by atoms with Crippen LogP contribution < -0.4 is 14.4 Å². The second-order valence-electron chi connectivity index (χ2n) is 8.51. The lowest BCUT2D eigenvalue weighted by Crippen LogP contribution is -2.46. The molecule has 0 atom stereocenters. The number of hydrogen-bond acceptors (Lipinski definition) is 6. The molecular formula is C27H24BrFN2O4. The molecule has 0 aliphatic carbocycles. The van der Waals surface area contributed by atoms with Gasteiger partial charge >= 0.3 is 0 Å². The number of carbonyl (C=O) groups excluding carboxylic acids is 1. The number of phenols is 1. The smallest absolute Gasteiger partial charge is 0.231 e. The zero-order chi connectivity index (χ0) is 24.5. The van der Waals surface area contributed by atoms with Crippen molar-refractivity contribution in [2.24, 2.45) is 0 Å². The van der Waals surface area contributed by atoms with Gasteiger partial charge in [0.25, 0.3) is 0 Å². The minimum absolute atomic E-state index is 0.0961. The molecule has 1 fully saturated rings. The Bertz CT molecular complexity index is 1300. The van der Waals surface area contributed by atoms with Crippen molar-refractivity contribution in [2.45, 2.75) is 6.54 Å². The van der Waals surface area contributed by atoms with Gasteiger partial charge in [0, 0.05) is 48.4 Å². The number of benzene rings is 3. The maximum Gasteiger partial charge on any atom is 0.231 e. The molecule has 1 N–H and O–H groups in total. The first-order valence-corrected chi connectivity index (χ1v) is 12.1. The van der Waals surface area contributed by atoms with E-state index in [1.165, 1.54) is 12.1 Å². The number of carbonyl (C=O) groups is 1. The maximum absolute atomic E-state index is 13.2. The van der Waals surface area contributed by atoms with E-state index in [4.69, 9.17) is 9.47 Å². The van der Waals surface area contributed by atoms with Gasteiger partial charge in [-0.05, 0) is 60.7 Å². The van der Waals surface area contributed by atoms with Crippen molar-refractivity contribution in [3.63, 3.8) is 0 Å². The van der Waals surface area contributed by atoms with E-state index < -0.39 is 0 Å². The first kappa shape index (κ1) is 23.4. The van der Waals surface area contributed by atoms with E-state index in [1.807, 2.05) is 18.2 Å². The van der Waals surface area contributed by atoms with Crippen LogP contribution in [0.25, 0.3) is 6.08 Å². The zero-order valence-electron chi connectivity index (χ0n) is 19.1. The van der Waals surface area contributed by atoms with E-state index >= 15 is 0 Å². The van der Waals surface area contributed by atoms with Gasteiger partial charge in [0.05, 0.1) is 18.2 Å². The number of phenolic OH excluding ortho intramolecular Hbond substituents is 1. The van der Waals surface area contributed by atoms with Gasteiger partial charge in [-0.3, -0.25) is 9.69 Å². The molecule has 0 aromatic heterocycles. The number of rotatable bonds is 5.